The van der Waals surface area contributed by atoms with E-state index in [2.05, 4.69) is 15.9 Å². The Labute approximate surface area is 117 Å². The SMILES string of the molecule is Cc1ccc(S(=O)(=O)N(CCO)C(C)C)c(Br)c1. The summed E-state index contributed by atoms with van der Waals surface area (Å²) in [5.74, 6) is 0. The summed E-state index contributed by atoms with van der Waals surface area (Å²) in [4.78, 5) is 0.232. The van der Waals surface area contributed by atoms with Crippen LogP contribution < -0.4 is 0 Å². The van der Waals surface area contributed by atoms with Gasteiger partial charge in [0.25, 0.3) is 0 Å². The molecule has 0 aliphatic rings. The van der Waals surface area contributed by atoms with E-state index in [0.29, 0.717) is 4.47 Å². The highest BCUT2D eigenvalue weighted by molar-refractivity contribution is 9.10. The lowest BCUT2D eigenvalue weighted by molar-refractivity contribution is 0.236. The van der Waals surface area contributed by atoms with Crippen LogP contribution in [0.25, 0.3) is 0 Å². The van der Waals surface area contributed by atoms with Gasteiger partial charge in [-0.25, -0.2) is 8.42 Å². The number of aliphatic hydroxyl groups excluding tert-OH is 1. The normalized spacial score (nSPS) is 12.4. The van der Waals surface area contributed by atoms with Crippen molar-refractivity contribution < 1.29 is 13.5 Å². The van der Waals surface area contributed by atoms with Crippen molar-refractivity contribution in [2.24, 2.45) is 0 Å². The van der Waals surface area contributed by atoms with Gasteiger partial charge in [-0.3, -0.25) is 0 Å². The second-order valence-electron chi connectivity index (χ2n) is 4.37. The summed E-state index contributed by atoms with van der Waals surface area (Å²) in [5, 5.41) is 8.99. The largest absolute Gasteiger partial charge is 0.395 e. The van der Waals surface area contributed by atoms with E-state index in [1.807, 2.05) is 6.92 Å². The minimum absolute atomic E-state index is 0.0975. The molecule has 0 heterocycles. The number of benzene rings is 1. The van der Waals surface area contributed by atoms with Crippen LogP contribution in [0.15, 0.2) is 27.6 Å². The molecule has 0 saturated carbocycles. The molecule has 0 radical (unpaired) electrons. The lowest BCUT2D eigenvalue weighted by Crippen LogP contribution is -2.39. The fraction of sp³-hybridized carbons (Fsp3) is 0.500. The summed E-state index contributed by atoms with van der Waals surface area (Å²) in [6, 6.07) is 4.91. The van der Waals surface area contributed by atoms with Gasteiger partial charge in [0.05, 0.1) is 11.5 Å². The average Bonchev–Trinajstić information content (AvgIpc) is 2.24. The Hall–Kier alpha value is -0.430. The number of sulfonamides is 1. The monoisotopic (exact) mass is 335 g/mol. The van der Waals surface area contributed by atoms with E-state index in [-0.39, 0.29) is 24.1 Å². The van der Waals surface area contributed by atoms with Crippen LogP contribution in [0.3, 0.4) is 0 Å². The molecule has 1 aromatic carbocycles. The molecule has 102 valence electrons. The maximum absolute atomic E-state index is 12.5. The number of aryl methyl sites for hydroxylation is 1. The lowest BCUT2D eigenvalue weighted by atomic mass is 10.2. The third kappa shape index (κ3) is 3.32. The van der Waals surface area contributed by atoms with Crippen LogP contribution in [0.4, 0.5) is 0 Å². The number of nitrogens with zero attached hydrogens (tertiary/aromatic N) is 1. The Morgan fingerprint density at radius 3 is 2.44 bits per heavy atom. The summed E-state index contributed by atoms with van der Waals surface area (Å²) in [6.45, 7) is 5.38. The molecular formula is C12H18BrNO3S. The van der Waals surface area contributed by atoms with Crippen LogP contribution in [0.1, 0.15) is 19.4 Å². The van der Waals surface area contributed by atoms with Gasteiger partial charge in [-0.05, 0) is 54.4 Å². The van der Waals surface area contributed by atoms with Crippen LogP contribution in [-0.4, -0.2) is 37.0 Å². The summed E-state index contributed by atoms with van der Waals surface area (Å²) in [5.41, 5.74) is 0.985. The lowest BCUT2D eigenvalue weighted by Gasteiger charge is -2.25. The Morgan fingerprint density at radius 2 is 2.00 bits per heavy atom. The number of aliphatic hydroxyl groups is 1. The van der Waals surface area contributed by atoms with Crippen molar-refractivity contribution in [3.05, 3.63) is 28.2 Å². The van der Waals surface area contributed by atoms with Crippen molar-refractivity contribution in [3.63, 3.8) is 0 Å². The van der Waals surface area contributed by atoms with Gasteiger partial charge in [0.1, 0.15) is 0 Å². The molecule has 1 N–H and O–H groups in total. The van der Waals surface area contributed by atoms with E-state index in [1.54, 1.807) is 32.0 Å². The Kier molecular flexibility index (Phi) is 5.33. The predicted octanol–water partition coefficient (Wildman–Crippen LogP) is 2.15. The maximum atomic E-state index is 12.5. The third-order valence-electron chi connectivity index (χ3n) is 2.57. The van der Waals surface area contributed by atoms with Crippen molar-refractivity contribution in [1.82, 2.24) is 4.31 Å². The van der Waals surface area contributed by atoms with Crippen LogP contribution in [0.5, 0.6) is 0 Å². The summed E-state index contributed by atoms with van der Waals surface area (Å²) >= 11 is 3.28. The van der Waals surface area contributed by atoms with Gasteiger partial charge < -0.3 is 5.11 Å². The highest BCUT2D eigenvalue weighted by Gasteiger charge is 2.28. The van der Waals surface area contributed by atoms with E-state index in [0.717, 1.165) is 5.56 Å². The van der Waals surface area contributed by atoms with E-state index in [1.165, 1.54) is 4.31 Å². The van der Waals surface area contributed by atoms with E-state index in [9.17, 15) is 8.42 Å². The minimum Gasteiger partial charge on any atom is -0.395 e. The van der Waals surface area contributed by atoms with Crippen molar-refractivity contribution >= 4 is 26.0 Å². The van der Waals surface area contributed by atoms with Crippen molar-refractivity contribution in [2.75, 3.05) is 13.2 Å². The molecule has 0 aliphatic heterocycles. The van der Waals surface area contributed by atoms with Crippen LogP contribution in [0.2, 0.25) is 0 Å². The summed E-state index contributed by atoms with van der Waals surface area (Å²) < 4.78 is 26.8. The van der Waals surface area contributed by atoms with Crippen molar-refractivity contribution in [2.45, 2.75) is 31.7 Å². The minimum atomic E-state index is -3.58. The van der Waals surface area contributed by atoms with Gasteiger partial charge in [-0.1, -0.05) is 6.07 Å². The predicted molar refractivity (Wildman–Crippen MR) is 75.0 cm³/mol. The Balaban J connectivity index is 3.26. The molecule has 1 aromatic rings. The van der Waals surface area contributed by atoms with Crippen molar-refractivity contribution in [1.29, 1.82) is 0 Å². The summed E-state index contributed by atoms with van der Waals surface area (Å²) in [6.07, 6.45) is 0. The first-order valence-corrected chi connectivity index (χ1v) is 7.93. The van der Waals surface area contributed by atoms with Gasteiger partial charge in [-0.15, -0.1) is 0 Å². The topological polar surface area (TPSA) is 57.6 Å². The molecule has 0 aromatic heterocycles. The number of hydrogen-bond donors (Lipinski definition) is 1. The van der Waals surface area contributed by atoms with Gasteiger partial charge in [-0.2, -0.15) is 4.31 Å². The molecule has 0 spiro atoms. The molecule has 0 bridgehead atoms. The number of hydrogen-bond acceptors (Lipinski definition) is 3. The van der Waals surface area contributed by atoms with Crippen LogP contribution in [0, 0.1) is 6.92 Å². The first-order chi connectivity index (χ1) is 8.30. The Bertz CT molecular complexity index is 514. The highest BCUT2D eigenvalue weighted by atomic mass is 79.9. The third-order valence-corrected chi connectivity index (χ3v) is 5.62. The highest BCUT2D eigenvalue weighted by Crippen LogP contribution is 2.27. The van der Waals surface area contributed by atoms with E-state index < -0.39 is 10.0 Å². The zero-order chi connectivity index (χ0) is 13.9. The first kappa shape index (κ1) is 15.6. The molecule has 6 heteroatoms. The second kappa shape index (κ2) is 6.14. The fourth-order valence-electron chi connectivity index (χ4n) is 1.70. The van der Waals surface area contributed by atoms with Crippen molar-refractivity contribution in [3.8, 4) is 0 Å². The van der Waals surface area contributed by atoms with Gasteiger partial charge >= 0.3 is 0 Å². The zero-order valence-corrected chi connectivity index (χ0v) is 13.1. The van der Waals surface area contributed by atoms with Gasteiger partial charge in [0.15, 0.2) is 0 Å². The number of rotatable bonds is 5. The smallest absolute Gasteiger partial charge is 0.244 e. The molecule has 0 aliphatic carbocycles. The van der Waals surface area contributed by atoms with Crippen LogP contribution >= 0.6 is 15.9 Å². The van der Waals surface area contributed by atoms with Gasteiger partial charge in [0.2, 0.25) is 10.0 Å². The molecule has 0 fully saturated rings. The molecule has 0 saturated heterocycles. The number of halogens is 1. The molecular weight excluding hydrogens is 318 g/mol. The van der Waals surface area contributed by atoms with E-state index in [4.69, 9.17) is 5.11 Å². The second-order valence-corrected chi connectivity index (χ2v) is 7.08. The average molecular weight is 336 g/mol. The first-order valence-electron chi connectivity index (χ1n) is 5.69. The Morgan fingerprint density at radius 1 is 1.39 bits per heavy atom. The molecule has 18 heavy (non-hydrogen) atoms. The molecule has 0 atom stereocenters. The van der Waals surface area contributed by atoms with Gasteiger partial charge in [0, 0.05) is 17.1 Å². The molecule has 1 rings (SSSR count). The fourth-order valence-corrected chi connectivity index (χ4v) is 4.48. The standard InChI is InChI=1S/C12H18BrNO3S/c1-9(2)14(6-7-15)18(16,17)12-5-4-10(3)8-11(12)13/h4-5,8-9,15H,6-7H2,1-3H3. The molecule has 0 amide bonds. The quantitative estimate of drug-likeness (QED) is 0.896. The van der Waals surface area contributed by atoms with Crippen LogP contribution in [-0.2, 0) is 10.0 Å². The maximum Gasteiger partial charge on any atom is 0.244 e. The zero-order valence-electron chi connectivity index (χ0n) is 10.7. The van der Waals surface area contributed by atoms with E-state index >= 15 is 0 Å². The molecule has 4 nitrogen and oxygen atoms in total. The summed E-state index contributed by atoms with van der Waals surface area (Å²) in [7, 11) is -3.58. The molecule has 0 unspecified atom stereocenters.